The molecule has 0 N–H and O–H groups in total. The fraction of sp³-hybridized carbons (Fsp3) is 0.606. The molecule has 0 bridgehead atoms. The Labute approximate surface area is 227 Å². The second-order valence-electron chi connectivity index (χ2n) is 11.2. The third-order valence-corrected chi connectivity index (χ3v) is 7.16. The molecule has 0 amide bonds. The van der Waals surface area contributed by atoms with Gasteiger partial charge >= 0.3 is 5.97 Å². The molecule has 0 aliphatic rings. The Morgan fingerprint density at radius 2 is 1.43 bits per heavy atom. The first kappa shape index (κ1) is 30.9. The van der Waals surface area contributed by atoms with Gasteiger partial charge in [-0.15, -0.1) is 0 Å². The monoisotopic (exact) mass is 510 g/mol. The molecule has 37 heavy (non-hydrogen) atoms. The van der Waals surface area contributed by atoms with Crippen LogP contribution in [0.15, 0.2) is 54.6 Å². The van der Waals surface area contributed by atoms with Crippen LogP contribution in [0.5, 0.6) is 5.75 Å². The van der Waals surface area contributed by atoms with Gasteiger partial charge in [-0.3, -0.25) is 4.79 Å². The molecule has 2 aromatic carbocycles. The minimum atomic E-state index is -0.137. The average molecular weight is 511 g/mol. The highest BCUT2D eigenvalue weighted by Crippen LogP contribution is 2.19. The van der Waals surface area contributed by atoms with Gasteiger partial charge in [0.15, 0.2) is 0 Å². The summed E-state index contributed by atoms with van der Waals surface area (Å²) in [6.45, 7) is 8.33. The van der Waals surface area contributed by atoms with Gasteiger partial charge in [-0.05, 0) is 43.4 Å². The molecule has 0 radical (unpaired) electrons. The molecular formula is C33H52NO3+. The lowest BCUT2D eigenvalue weighted by Gasteiger charge is -2.32. The second-order valence-corrected chi connectivity index (χ2v) is 11.2. The lowest BCUT2D eigenvalue weighted by Crippen LogP contribution is -2.45. The van der Waals surface area contributed by atoms with Crippen molar-refractivity contribution in [1.29, 1.82) is 0 Å². The van der Waals surface area contributed by atoms with Crippen molar-refractivity contribution in [1.82, 2.24) is 0 Å². The summed E-state index contributed by atoms with van der Waals surface area (Å²) in [5.74, 6) is 0.606. The second kappa shape index (κ2) is 17.2. The van der Waals surface area contributed by atoms with Crippen molar-refractivity contribution in [2.45, 2.75) is 97.6 Å². The number of ether oxygens (including phenoxy) is 2. The van der Waals surface area contributed by atoms with Crippen molar-refractivity contribution in [2.75, 3.05) is 27.2 Å². The van der Waals surface area contributed by atoms with Crippen LogP contribution in [0, 0.1) is 5.92 Å². The van der Waals surface area contributed by atoms with E-state index in [-0.39, 0.29) is 24.6 Å². The summed E-state index contributed by atoms with van der Waals surface area (Å²) in [6, 6.07) is 18.9. The SMILES string of the molecule is CCCCCCCCCc1ccc(OC(CC)COC(=O)C(CC)C[N+](C)(C)Cc2ccccc2)cc1. The molecule has 0 heterocycles. The maximum absolute atomic E-state index is 12.9. The van der Waals surface area contributed by atoms with Gasteiger partial charge in [-0.1, -0.05) is 102 Å². The smallest absolute Gasteiger partial charge is 0.314 e. The van der Waals surface area contributed by atoms with Crippen molar-refractivity contribution in [3.63, 3.8) is 0 Å². The van der Waals surface area contributed by atoms with Crippen LogP contribution in [0.4, 0.5) is 0 Å². The lowest BCUT2D eigenvalue weighted by molar-refractivity contribution is -0.906. The zero-order valence-corrected chi connectivity index (χ0v) is 24.2. The highest BCUT2D eigenvalue weighted by atomic mass is 16.6. The fourth-order valence-electron chi connectivity index (χ4n) is 4.85. The Balaban J connectivity index is 1.75. The summed E-state index contributed by atoms with van der Waals surface area (Å²) in [4.78, 5) is 12.9. The number of esters is 1. The lowest BCUT2D eigenvalue weighted by atomic mass is 10.0. The van der Waals surface area contributed by atoms with Crippen LogP contribution in [0.1, 0.15) is 89.7 Å². The molecule has 0 aliphatic heterocycles. The first-order chi connectivity index (χ1) is 17.9. The van der Waals surface area contributed by atoms with Gasteiger partial charge < -0.3 is 14.0 Å². The first-order valence-corrected chi connectivity index (χ1v) is 14.6. The summed E-state index contributed by atoms with van der Waals surface area (Å²) in [5, 5.41) is 0. The van der Waals surface area contributed by atoms with Crippen LogP contribution in [0.25, 0.3) is 0 Å². The van der Waals surface area contributed by atoms with Gasteiger partial charge in [0.1, 0.15) is 30.9 Å². The Kier molecular flexibility index (Phi) is 14.4. The topological polar surface area (TPSA) is 35.5 Å². The molecule has 2 rings (SSSR count). The van der Waals surface area contributed by atoms with E-state index in [1.807, 2.05) is 6.07 Å². The van der Waals surface area contributed by atoms with E-state index in [0.717, 1.165) is 42.6 Å². The number of aryl methyl sites for hydroxylation is 1. The summed E-state index contributed by atoms with van der Waals surface area (Å²) >= 11 is 0. The molecule has 0 aliphatic carbocycles. The van der Waals surface area contributed by atoms with Gasteiger partial charge in [0.25, 0.3) is 0 Å². The van der Waals surface area contributed by atoms with E-state index in [9.17, 15) is 4.79 Å². The minimum Gasteiger partial charge on any atom is -0.487 e. The molecule has 4 heteroatoms. The van der Waals surface area contributed by atoms with Gasteiger partial charge in [0.2, 0.25) is 0 Å². The Bertz CT molecular complexity index is 863. The van der Waals surface area contributed by atoms with Crippen molar-refractivity contribution in [2.24, 2.45) is 5.92 Å². The number of quaternary nitrogens is 1. The molecule has 0 spiro atoms. The van der Waals surface area contributed by atoms with E-state index < -0.39 is 0 Å². The summed E-state index contributed by atoms with van der Waals surface area (Å²) in [7, 11) is 4.36. The van der Waals surface area contributed by atoms with E-state index in [2.05, 4.69) is 83.4 Å². The van der Waals surface area contributed by atoms with Gasteiger partial charge in [-0.2, -0.15) is 0 Å². The molecule has 0 aromatic heterocycles. The zero-order chi connectivity index (χ0) is 26.9. The number of carbonyl (C=O) groups is 1. The Morgan fingerprint density at radius 1 is 0.784 bits per heavy atom. The molecular weight excluding hydrogens is 458 g/mol. The largest absolute Gasteiger partial charge is 0.487 e. The highest BCUT2D eigenvalue weighted by molar-refractivity contribution is 5.72. The van der Waals surface area contributed by atoms with E-state index in [4.69, 9.17) is 9.47 Å². The maximum Gasteiger partial charge on any atom is 0.314 e. The summed E-state index contributed by atoms with van der Waals surface area (Å²) in [5.41, 5.74) is 2.64. The molecule has 4 nitrogen and oxygen atoms in total. The number of nitrogens with zero attached hydrogens (tertiary/aromatic N) is 1. The van der Waals surface area contributed by atoms with Crippen LogP contribution in [0.2, 0.25) is 0 Å². The number of benzene rings is 2. The van der Waals surface area contributed by atoms with Gasteiger partial charge in [0, 0.05) is 5.56 Å². The predicted molar refractivity (Wildman–Crippen MR) is 155 cm³/mol. The third-order valence-electron chi connectivity index (χ3n) is 7.16. The van der Waals surface area contributed by atoms with Crippen LogP contribution in [-0.2, 0) is 22.5 Å². The molecule has 0 fully saturated rings. The van der Waals surface area contributed by atoms with E-state index >= 15 is 0 Å². The number of rotatable bonds is 19. The summed E-state index contributed by atoms with van der Waals surface area (Å²) in [6.07, 6.45) is 11.9. The van der Waals surface area contributed by atoms with Crippen molar-refractivity contribution < 1.29 is 18.8 Å². The normalized spacial score (nSPS) is 13.2. The predicted octanol–water partition coefficient (Wildman–Crippen LogP) is 7.98. The fourth-order valence-corrected chi connectivity index (χ4v) is 4.85. The van der Waals surface area contributed by atoms with E-state index in [1.54, 1.807) is 0 Å². The molecule has 206 valence electrons. The van der Waals surface area contributed by atoms with Crippen LogP contribution < -0.4 is 4.74 Å². The first-order valence-electron chi connectivity index (χ1n) is 14.6. The number of hydrogen-bond acceptors (Lipinski definition) is 3. The molecule has 2 atom stereocenters. The van der Waals surface area contributed by atoms with E-state index in [0.29, 0.717) is 0 Å². The van der Waals surface area contributed by atoms with E-state index in [1.165, 1.54) is 56.1 Å². The maximum atomic E-state index is 12.9. The van der Waals surface area contributed by atoms with Crippen molar-refractivity contribution >= 4 is 5.97 Å². The Hall–Kier alpha value is -2.33. The average Bonchev–Trinajstić information content (AvgIpc) is 2.90. The quantitative estimate of drug-likeness (QED) is 0.109. The molecule has 0 saturated heterocycles. The van der Waals surface area contributed by atoms with Crippen molar-refractivity contribution in [3.05, 3.63) is 65.7 Å². The van der Waals surface area contributed by atoms with Crippen molar-refractivity contribution in [3.8, 4) is 5.75 Å². The van der Waals surface area contributed by atoms with Crippen LogP contribution in [-0.4, -0.2) is 43.8 Å². The number of unbranched alkanes of at least 4 members (excludes halogenated alkanes) is 6. The highest BCUT2D eigenvalue weighted by Gasteiger charge is 2.28. The number of hydrogen-bond donors (Lipinski definition) is 0. The molecule has 0 saturated carbocycles. The van der Waals surface area contributed by atoms with Crippen LogP contribution in [0.3, 0.4) is 0 Å². The Morgan fingerprint density at radius 3 is 2.05 bits per heavy atom. The summed E-state index contributed by atoms with van der Waals surface area (Å²) < 4.78 is 12.7. The van der Waals surface area contributed by atoms with Crippen LogP contribution >= 0.6 is 0 Å². The molecule has 2 aromatic rings. The standard InChI is InChI=1S/C33H52NO3/c1-6-9-10-11-12-13-15-18-28-21-23-32(24-22-28)37-31(8-3)27-36-33(35)30(7-2)26-34(4,5)25-29-19-16-14-17-20-29/h14,16-17,19-24,30-31H,6-13,15,18,25-27H2,1-5H3/q+1. The molecule has 2 unspecified atom stereocenters. The van der Waals surface area contributed by atoms with Gasteiger partial charge in [-0.25, -0.2) is 0 Å². The zero-order valence-electron chi connectivity index (χ0n) is 24.2. The minimum absolute atomic E-state index is 0.117. The van der Waals surface area contributed by atoms with Gasteiger partial charge in [0.05, 0.1) is 20.6 Å². The third kappa shape index (κ3) is 12.6. The number of carbonyl (C=O) groups excluding carboxylic acids is 1.